The van der Waals surface area contributed by atoms with Crippen LogP contribution in [0.25, 0.3) is 0 Å². The monoisotopic (exact) mass is 430 g/mol. The lowest BCUT2D eigenvalue weighted by molar-refractivity contribution is 0.0741. The lowest BCUT2D eigenvalue weighted by Crippen LogP contribution is -2.48. The number of aromatic hydroxyl groups is 1. The third-order valence-electron chi connectivity index (χ3n) is 5.56. The van der Waals surface area contributed by atoms with Gasteiger partial charge in [0.15, 0.2) is 9.84 Å². The van der Waals surface area contributed by atoms with Gasteiger partial charge in [0.2, 0.25) is 0 Å². The molecule has 8 heteroatoms. The zero-order valence-corrected chi connectivity index (χ0v) is 17.8. The van der Waals surface area contributed by atoms with E-state index in [4.69, 9.17) is 4.74 Å². The van der Waals surface area contributed by atoms with Gasteiger partial charge in [-0.2, -0.15) is 0 Å². The van der Waals surface area contributed by atoms with E-state index < -0.39 is 9.84 Å². The van der Waals surface area contributed by atoms with E-state index in [0.717, 1.165) is 24.8 Å². The highest BCUT2D eigenvalue weighted by Crippen LogP contribution is 2.32. The van der Waals surface area contributed by atoms with E-state index in [1.165, 1.54) is 12.1 Å². The molecule has 2 fully saturated rings. The third-order valence-corrected chi connectivity index (χ3v) is 6.67. The molecule has 1 N–H and O–H groups in total. The van der Waals surface area contributed by atoms with Crippen LogP contribution in [0, 0.1) is 5.92 Å². The van der Waals surface area contributed by atoms with Crippen molar-refractivity contribution in [2.24, 2.45) is 5.92 Å². The normalized spacial score (nSPS) is 17.1. The van der Waals surface area contributed by atoms with Crippen molar-refractivity contribution in [1.29, 1.82) is 0 Å². The smallest absolute Gasteiger partial charge is 0.257 e. The quantitative estimate of drug-likeness (QED) is 0.758. The summed E-state index contributed by atoms with van der Waals surface area (Å²) >= 11 is 0. The number of hydrogen-bond acceptors (Lipinski definition) is 6. The Kier molecular flexibility index (Phi) is 5.60. The number of piperazine rings is 1. The fourth-order valence-corrected chi connectivity index (χ4v) is 4.17. The van der Waals surface area contributed by atoms with Gasteiger partial charge < -0.3 is 19.6 Å². The van der Waals surface area contributed by atoms with Crippen LogP contribution in [0.2, 0.25) is 0 Å². The predicted octanol–water partition coefficient (Wildman–Crippen LogP) is 2.55. The molecular weight excluding hydrogens is 404 g/mol. The second kappa shape index (κ2) is 8.18. The fraction of sp³-hybridized carbons (Fsp3) is 0.409. The summed E-state index contributed by atoms with van der Waals surface area (Å²) in [6.07, 6.45) is 3.39. The minimum absolute atomic E-state index is 0.118. The molecule has 2 aromatic rings. The number of nitrogens with zero attached hydrogens (tertiary/aromatic N) is 2. The average Bonchev–Trinajstić information content (AvgIpc) is 3.56. The molecule has 30 heavy (non-hydrogen) atoms. The molecule has 2 aliphatic rings. The Balaban J connectivity index is 1.50. The number of anilines is 1. The first-order valence-electron chi connectivity index (χ1n) is 10.1. The maximum Gasteiger partial charge on any atom is 0.257 e. The van der Waals surface area contributed by atoms with E-state index in [-0.39, 0.29) is 16.6 Å². The zero-order valence-electron chi connectivity index (χ0n) is 17.0. The number of ether oxygens (including phenoxy) is 1. The maximum absolute atomic E-state index is 13.2. The van der Waals surface area contributed by atoms with Gasteiger partial charge in [-0.25, -0.2) is 8.42 Å². The van der Waals surface area contributed by atoms with Crippen LogP contribution >= 0.6 is 0 Å². The van der Waals surface area contributed by atoms with Crippen LogP contribution in [-0.4, -0.2) is 63.4 Å². The number of amides is 1. The number of phenols is 1. The molecule has 1 heterocycles. The maximum atomic E-state index is 13.2. The van der Waals surface area contributed by atoms with E-state index in [2.05, 4.69) is 4.90 Å². The number of rotatable bonds is 6. The number of carbonyl (C=O) groups is 1. The summed E-state index contributed by atoms with van der Waals surface area (Å²) in [5.74, 6) is 0.977. The number of benzene rings is 2. The molecule has 0 aromatic heterocycles. The topological polar surface area (TPSA) is 87.2 Å². The van der Waals surface area contributed by atoms with Crippen molar-refractivity contribution in [1.82, 2.24) is 4.90 Å². The van der Waals surface area contributed by atoms with Crippen molar-refractivity contribution >= 4 is 21.4 Å². The third kappa shape index (κ3) is 4.70. The largest absolute Gasteiger partial charge is 0.508 e. The van der Waals surface area contributed by atoms with Gasteiger partial charge in [-0.05, 0) is 61.2 Å². The van der Waals surface area contributed by atoms with Gasteiger partial charge in [-0.1, -0.05) is 0 Å². The van der Waals surface area contributed by atoms with Crippen molar-refractivity contribution in [2.75, 3.05) is 43.9 Å². The summed E-state index contributed by atoms with van der Waals surface area (Å²) < 4.78 is 29.9. The van der Waals surface area contributed by atoms with Crippen LogP contribution in [0.15, 0.2) is 47.4 Å². The molecule has 7 nitrogen and oxygen atoms in total. The van der Waals surface area contributed by atoms with Crippen LogP contribution in [0.5, 0.6) is 11.5 Å². The van der Waals surface area contributed by atoms with Crippen molar-refractivity contribution < 1.29 is 23.1 Å². The molecule has 0 radical (unpaired) electrons. The lowest BCUT2D eigenvalue weighted by Gasteiger charge is -2.36. The molecule has 0 unspecified atom stereocenters. The molecule has 1 saturated heterocycles. The fourth-order valence-electron chi connectivity index (χ4n) is 3.53. The Morgan fingerprint density at radius 1 is 1.07 bits per heavy atom. The predicted molar refractivity (Wildman–Crippen MR) is 114 cm³/mol. The minimum Gasteiger partial charge on any atom is -0.508 e. The molecule has 160 valence electrons. The SMILES string of the molecule is CS(=O)(=O)c1ccc(OCC2CC2)c(C(=O)N2CCN(c3ccc(O)cc3)CC2)c1. The van der Waals surface area contributed by atoms with Crippen LogP contribution in [-0.2, 0) is 9.84 Å². The van der Waals surface area contributed by atoms with Crippen LogP contribution in [0.4, 0.5) is 5.69 Å². The van der Waals surface area contributed by atoms with Crippen molar-refractivity contribution in [3.8, 4) is 11.5 Å². The summed E-state index contributed by atoms with van der Waals surface area (Å²) in [6.45, 7) is 2.89. The van der Waals surface area contributed by atoms with Gasteiger partial charge in [0.25, 0.3) is 5.91 Å². The van der Waals surface area contributed by atoms with Crippen molar-refractivity contribution in [2.45, 2.75) is 17.7 Å². The molecule has 1 aliphatic carbocycles. The summed E-state index contributed by atoms with van der Waals surface area (Å²) in [6, 6.07) is 11.5. The molecule has 2 aromatic carbocycles. The van der Waals surface area contributed by atoms with Gasteiger partial charge in [0, 0.05) is 38.1 Å². The number of hydrogen-bond donors (Lipinski definition) is 1. The molecule has 0 bridgehead atoms. The highest BCUT2D eigenvalue weighted by atomic mass is 32.2. The highest BCUT2D eigenvalue weighted by molar-refractivity contribution is 7.90. The Bertz CT molecular complexity index is 1020. The molecule has 0 atom stereocenters. The van der Waals surface area contributed by atoms with Crippen LogP contribution in [0.3, 0.4) is 0 Å². The summed E-state index contributed by atoms with van der Waals surface area (Å²) in [7, 11) is -3.43. The highest BCUT2D eigenvalue weighted by Gasteiger charge is 2.27. The summed E-state index contributed by atoms with van der Waals surface area (Å²) in [4.78, 5) is 17.3. The van der Waals surface area contributed by atoms with E-state index in [1.54, 1.807) is 23.1 Å². The van der Waals surface area contributed by atoms with Gasteiger partial charge >= 0.3 is 0 Å². The molecule has 0 spiro atoms. The van der Waals surface area contributed by atoms with Gasteiger partial charge in [0.05, 0.1) is 17.1 Å². The first-order valence-corrected chi connectivity index (χ1v) is 12.0. The zero-order chi connectivity index (χ0) is 21.3. The summed E-state index contributed by atoms with van der Waals surface area (Å²) in [5, 5.41) is 9.46. The minimum atomic E-state index is -3.43. The van der Waals surface area contributed by atoms with Crippen molar-refractivity contribution in [3.05, 3.63) is 48.0 Å². The molecule has 4 rings (SSSR count). The molecule has 1 aliphatic heterocycles. The Morgan fingerprint density at radius 2 is 1.73 bits per heavy atom. The Labute approximate surface area is 176 Å². The first-order chi connectivity index (χ1) is 14.3. The Morgan fingerprint density at radius 3 is 2.33 bits per heavy atom. The van der Waals surface area contributed by atoms with Crippen LogP contribution < -0.4 is 9.64 Å². The first kappa shape index (κ1) is 20.5. The Hall–Kier alpha value is -2.74. The van der Waals surface area contributed by atoms with E-state index in [9.17, 15) is 18.3 Å². The van der Waals surface area contributed by atoms with Gasteiger partial charge in [-0.3, -0.25) is 4.79 Å². The van der Waals surface area contributed by atoms with E-state index >= 15 is 0 Å². The summed E-state index contributed by atoms with van der Waals surface area (Å²) in [5.41, 5.74) is 1.30. The number of carbonyl (C=O) groups excluding carboxylic acids is 1. The average molecular weight is 431 g/mol. The molecule has 1 amide bonds. The van der Waals surface area contributed by atoms with E-state index in [0.29, 0.717) is 50.0 Å². The molecule has 1 saturated carbocycles. The van der Waals surface area contributed by atoms with E-state index in [1.807, 2.05) is 12.1 Å². The van der Waals surface area contributed by atoms with Crippen molar-refractivity contribution in [3.63, 3.8) is 0 Å². The number of phenolic OH excluding ortho intramolecular Hbond substituents is 1. The van der Waals surface area contributed by atoms with Gasteiger partial charge in [0.1, 0.15) is 11.5 Å². The van der Waals surface area contributed by atoms with Gasteiger partial charge in [-0.15, -0.1) is 0 Å². The molecular formula is C22H26N2O5S. The van der Waals surface area contributed by atoms with Crippen LogP contribution in [0.1, 0.15) is 23.2 Å². The lowest BCUT2D eigenvalue weighted by atomic mass is 10.1. The number of sulfone groups is 1. The second-order valence-electron chi connectivity index (χ2n) is 7.98. The standard InChI is InChI=1S/C22H26N2O5S/c1-30(27,28)19-8-9-21(29-15-16-2-3-16)20(14-19)22(26)24-12-10-23(11-13-24)17-4-6-18(25)7-5-17/h4-9,14,16,25H,2-3,10-13,15H2,1H3. The second-order valence-corrected chi connectivity index (χ2v) is 10.00.